The highest BCUT2D eigenvalue weighted by atomic mass is 32.2. The first kappa shape index (κ1) is 23.0. The van der Waals surface area contributed by atoms with Crippen molar-refractivity contribution in [2.75, 3.05) is 27.6 Å². The Kier molecular flexibility index (Phi) is 6.02. The van der Waals surface area contributed by atoms with E-state index in [0.717, 1.165) is 18.4 Å². The van der Waals surface area contributed by atoms with Gasteiger partial charge in [0.05, 0.1) is 16.5 Å². The van der Waals surface area contributed by atoms with Crippen LogP contribution in [0, 0.1) is 11.7 Å². The molecule has 1 atom stereocenters. The third kappa shape index (κ3) is 4.51. The summed E-state index contributed by atoms with van der Waals surface area (Å²) in [5.74, 6) is -1.51. The number of halogens is 1. The monoisotopic (exact) mass is 493 g/mol. The first-order chi connectivity index (χ1) is 16.8. The highest BCUT2D eigenvalue weighted by Crippen LogP contribution is 2.32. The molecular formula is C26H24FN3O4S. The van der Waals surface area contributed by atoms with Crippen molar-refractivity contribution in [3.8, 4) is 0 Å². The predicted octanol–water partition coefficient (Wildman–Crippen LogP) is 3.96. The van der Waals surface area contributed by atoms with Gasteiger partial charge in [-0.15, -0.1) is 0 Å². The first-order valence-electron chi connectivity index (χ1n) is 11.4. The second kappa shape index (κ2) is 9.14. The quantitative estimate of drug-likeness (QED) is 0.583. The van der Waals surface area contributed by atoms with Gasteiger partial charge in [-0.1, -0.05) is 18.2 Å². The van der Waals surface area contributed by atoms with Crippen molar-refractivity contribution in [1.82, 2.24) is 0 Å². The topological polar surface area (TPSA) is 86.8 Å². The third-order valence-electron chi connectivity index (χ3n) is 6.41. The molecule has 9 heteroatoms. The number of benzene rings is 3. The number of carbonyl (C=O) groups is 2. The van der Waals surface area contributed by atoms with Crippen LogP contribution in [0.1, 0.15) is 18.4 Å². The van der Waals surface area contributed by atoms with Crippen LogP contribution in [0.25, 0.3) is 0 Å². The summed E-state index contributed by atoms with van der Waals surface area (Å²) >= 11 is 0. The zero-order valence-corrected chi connectivity index (χ0v) is 19.7. The van der Waals surface area contributed by atoms with Crippen molar-refractivity contribution < 1.29 is 22.4 Å². The number of sulfonamides is 1. The number of nitrogens with one attached hydrogen (secondary N) is 1. The van der Waals surface area contributed by atoms with E-state index >= 15 is 0 Å². The summed E-state index contributed by atoms with van der Waals surface area (Å²) in [4.78, 5) is 26.8. The predicted molar refractivity (Wildman–Crippen MR) is 131 cm³/mol. The average molecular weight is 494 g/mol. The van der Waals surface area contributed by atoms with Crippen LogP contribution in [0.15, 0.2) is 77.7 Å². The van der Waals surface area contributed by atoms with Gasteiger partial charge in [-0.25, -0.2) is 12.8 Å². The molecule has 5 rings (SSSR count). The fourth-order valence-corrected chi connectivity index (χ4v) is 6.13. The maximum absolute atomic E-state index is 13.3. The highest BCUT2D eigenvalue weighted by Gasteiger charge is 2.35. The van der Waals surface area contributed by atoms with Crippen LogP contribution in [0.3, 0.4) is 0 Å². The van der Waals surface area contributed by atoms with Gasteiger partial charge in [0, 0.05) is 30.9 Å². The summed E-state index contributed by atoms with van der Waals surface area (Å²) in [7, 11) is -3.74. The molecule has 35 heavy (non-hydrogen) atoms. The number of aryl methyl sites for hydroxylation is 1. The van der Waals surface area contributed by atoms with E-state index in [4.69, 9.17) is 0 Å². The smallest absolute Gasteiger partial charge is 0.264 e. The molecule has 0 aliphatic carbocycles. The van der Waals surface area contributed by atoms with E-state index in [1.807, 2.05) is 24.3 Å². The van der Waals surface area contributed by atoms with Crippen LogP contribution in [0.5, 0.6) is 0 Å². The Hall–Kier alpha value is -3.72. The first-order valence-corrected chi connectivity index (χ1v) is 12.8. The molecule has 1 saturated heterocycles. The lowest BCUT2D eigenvalue weighted by Crippen LogP contribution is -2.35. The van der Waals surface area contributed by atoms with Crippen molar-refractivity contribution in [3.63, 3.8) is 0 Å². The minimum Gasteiger partial charge on any atom is -0.326 e. The number of hydrogen-bond donors (Lipinski definition) is 1. The molecule has 3 aromatic carbocycles. The molecule has 180 valence electrons. The number of fused-ring (bicyclic) bond motifs is 1. The number of carbonyl (C=O) groups excluding carboxylic acids is 2. The van der Waals surface area contributed by atoms with Gasteiger partial charge in [0.2, 0.25) is 11.8 Å². The molecule has 0 bridgehead atoms. The normalized spacial score (nSPS) is 17.9. The maximum Gasteiger partial charge on any atom is 0.264 e. The molecule has 1 fully saturated rings. The molecule has 2 aliphatic heterocycles. The van der Waals surface area contributed by atoms with Crippen molar-refractivity contribution in [2.45, 2.75) is 24.2 Å². The van der Waals surface area contributed by atoms with Gasteiger partial charge in [-0.3, -0.25) is 13.9 Å². The van der Waals surface area contributed by atoms with E-state index in [9.17, 15) is 22.4 Å². The number of rotatable bonds is 5. The second-order valence-corrected chi connectivity index (χ2v) is 10.6. The van der Waals surface area contributed by atoms with Crippen LogP contribution in [0.4, 0.5) is 21.5 Å². The lowest BCUT2D eigenvalue weighted by atomic mass is 10.0. The molecule has 7 nitrogen and oxygen atoms in total. The summed E-state index contributed by atoms with van der Waals surface area (Å²) < 4.78 is 41.2. The fraction of sp³-hybridized carbons (Fsp3) is 0.231. The molecule has 3 aromatic rings. The van der Waals surface area contributed by atoms with E-state index in [2.05, 4.69) is 5.32 Å². The standard InChI is InChI=1S/C26H24FN3O4S/c27-20-7-11-22(12-8-20)29-17-19(16-25(29)31)26(32)28-21-9-13-23(14-10-21)35(33,34)30-15-3-5-18-4-1-2-6-24(18)30/h1-2,4,6-14,19H,3,5,15-17H2,(H,28,32). The molecular weight excluding hydrogens is 469 g/mol. The van der Waals surface area contributed by atoms with E-state index in [-0.39, 0.29) is 29.7 Å². The highest BCUT2D eigenvalue weighted by molar-refractivity contribution is 7.92. The van der Waals surface area contributed by atoms with Crippen molar-refractivity contribution in [2.24, 2.45) is 5.92 Å². The average Bonchev–Trinajstić information content (AvgIpc) is 3.26. The van der Waals surface area contributed by atoms with Gasteiger partial charge < -0.3 is 10.2 Å². The fourth-order valence-electron chi connectivity index (χ4n) is 4.58. The molecule has 0 radical (unpaired) electrons. The van der Waals surface area contributed by atoms with Crippen molar-refractivity contribution >= 4 is 38.9 Å². The number of nitrogens with zero attached hydrogens (tertiary/aromatic N) is 2. The molecule has 2 amide bonds. The Bertz CT molecular complexity index is 1370. The number of hydrogen-bond acceptors (Lipinski definition) is 4. The van der Waals surface area contributed by atoms with Crippen molar-refractivity contribution in [1.29, 1.82) is 0 Å². The van der Waals surface area contributed by atoms with Gasteiger partial charge in [0.15, 0.2) is 0 Å². The van der Waals surface area contributed by atoms with Gasteiger partial charge in [-0.2, -0.15) is 0 Å². The van der Waals surface area contributed by atoms with Gasteiger partial charge >= 0.3 is 0 Å². The van der Waals surface area contributed by atoms with E-state index < -0.39 is 21.8 Å². The van der Waals surface area contributed by atoms with E-state index in [0.29, 0.717) is 23.6 Å². The van der Waals surface area contributed by atoms with Crippen LogP contribution >= 0.6 is 0 Å². The second-order valence-electron chi connectivity index (χ2n) is 8.70. The zero-order valence-electron chi connectivity index (χ0n) is 18.9. The number of para-hydroxylation sites is 1. The molecule has 1 N–H and O–H groups in total. The minimum absolute atomic E-state index is 0.0457. The van der Waals surface area contributed by atoms with Crippen LogP contribution < -0.4 is 14.5 Å². The van der Waals surface area contributed by atoms with Crippen LogP contribution in [-0.2, 0) is 26.0 Å². The Morgan fingerprint density at radius 3 is 2.43 bits per heavy atom. The van der Waals surface area contributed by atoms with E-state index in [1.165, 1.54) is 45.6 Å². The third-order valence-corrected chi connectivity index (χ3v) is 8.24. The summed E-state index contributed by atoms with van der Waals surface area (Å²) in [5, 5.41) is 2.77. The van der Waals surface area contributed by atoms with E-state index in [1.54, 1.807) is 12.1 Å². The van der Waals surface area contributed by atoms with Crippen LogP contribution in [0.2, 0.25) is 0 Å². The van der Waals surface area contributed by atoms with Crippen molar-refractivity contribution in [3.05, 3.63) is 84.2 Å². The molecule has 0 saturated carbocycles. The summed E-state index contributed by atoms with van der Waals surface area (Å²) in [6, 6.07) is 19.1. The van der Waals surface area contributed by atoms with Gasteiger partial charge in [-0.05, 0) is 73.0 Å². The molecule has 0 aromatic heterocycles. The minimum atomic E-state index is -3.74. The molecule has 1 unspecified atom stereocenters. The molecule has 2 heterocycles. The zero-order chi connectivity index (χ0) is 24.6. The summed E-state index contributed by atoms with van der Waals surface area (Å²) in [5.41, 5.74) is 2.70. The Labute approximate surface area is 203 Å². The van der Waals surface area contributed by atoms with Crippen LogP contribution in [-0.4, -0.2) is 33.3 Å². The molecule has 2 aliphatic rings. The largest absolute Gasteiger partial charge is 0.326 e. The van der Waals surface area contributed by atoms with Gasteiger partial charge in [0.25, 0.3) is 10.0 Å². The maximum atomic E-state index is 13.3. The van der Waals surface area contributed by atoms with Gasteiger partial charge in [0.1, 0.15) is 5.82 Å². The Morgan fingerprint density at radius 1 is 0.971 bits per heavy atom. The number of amides is 2. The Balaban J connectivity index is 1.27. The summed E-state index contributed by atoms with van der Waals surface area (Å²) in [6.07, 6.45) is 1.64. The summed E-state index contributed by atoms with van der Waals surface area (Å²) in [6.45, 7) is 0.606. The lowest BCUT2D eigenvalue weighted by molar-refractivity contribution is -0.122. The molecule has 0 spiro atoms. The Morgan fingerprint density at radius 2 is 1.69 bits per heavy atom. The number of anilines is 3. The lowest BCUT2D eigenvalue weighted by Gasteiger charge is -2.30. The SMILES string of the molecule is O=C(Nc1ccc(S(=O)(=O)N2CCCc3ccccc32)cc1)C1CC(=O)N(c2ccc(F)cc2)C1.